The molecule has 24 heavy (non-hydrogen) atoms. The van der Waals surface area contributed by atoms with Crippen LogP contribution in [0.3, 0.4) is 0 Å². The van der Waals surface area contributed by atoms with Gasteiger partial charge in [0.05, 0.1) is 0 Å². The van der Waals surface area contributed by atoms with Crippen molar-refractivity contribution in [1.29, 1.82) is 0 Å². The minimum Gasteiger partial charge on any atom is -0.299 e. The largest absolute Gasteiger partial charge is 0.299 e. The smallest absolute Gasteiger partial charge is 0.108 e. The second kappa shape index (κ2) is 12.2. The minimum absolute atomic E-state index is 0.0997. The molecule has 0 saturated carbocycles. The lowest BCUT2D eigenvalue weighted by Crippen LogP contribution is -2.44. The predicted octanol–water partition coefficient (Wildman–Crippen LogP) is 4.44. The maximum absolute atomic E-state index is 5.97. The van der Waals surface area contributed by atoms with Gasteiger partial charge in [0.2, 0.25) is 0 Å². The van der Waals surface area contributed by atoms with Crippen molar-refractivity contribution in [1.82, 2.24) is 9.80 Å². The second-order valence-corrected chi connectivity index (χ2v) is 8.12. The van der Waals surface area contributed by atoms with Gasteiger partial charge in [0.25, 0.3) is 0 Å². The van der Waals surface area contributed by atoms with Gasteiger partial charge >= 0.3 is 0 Å². The van der Waals surface area contributed by atoms with Gasteiger partial charge in [-0.05, 0) is 52.6 Å². The van der Waals surface area contributed by atoms with E-state index in [4.69, 9.17) is 9.78 Å². The third-order valence-corrected chi connectivity index (χ3v) is 4.89. The molecule has 0 rings (SSSR count). The van der Waals surface area contributed by atoms with Gasteiger partial charge < -0.3 is 0 Å². The maximum Gasteiger partial charge on any atom is 0.108 e. The Balaban J connectivity index is 4.76. The Morgan fingerprint density at radius 3 is 1.04 bits per heavy atom. The van der Waals surface area contributed by atoms with E-state index in [2.05, 4.69) is 79.0 Å². The van der Waals surface area contributed by atoms with Crippen molar-refractivity contribution in [3.8, 4) is 0 Å². The summed E-state index contributed by atoms with van der Waals surface area (Å²) in [6, 6.07) is 1.05. The molecule has 4 heteroatoms. The summed E-state index contributed by atoms with van der Waals surface area (Å²) in [7, 11) is 0. The highest BCUT2D eigenvalue weighted by molar-refractivity contribution is 4.72. The van der Waals surface area contributed by atoms with Crippen molar-refractivity contribution in [2.45, 2.75) is 93.5 Å². The summed E-state index contributed by atoms with van der Waals surface area (Å²) >= 11 is 0. The van der Waals surface area contributed by atoms with Crippen molar-refractivity contribution in [3.05, 3.63) is 0 Å². The highest BCUT2D eigenvalue weighted by atomic mass is 17.2. The second-order valence-electron chi connectivity index (χ2n) is 8.12. The average Bonchev–Trinajstić information content (AvgIpc) is 2.48. The molecule has 2 atom stereocenters. The van der Waals surface area contributed by atoms with Crippen LogP contribution in [0.4, 0.5) is 0 Å². The Bertz CT molecular complexity index is 276. The summed E-state index contributed by atoms with van der Waals surface area (Å²) < 4.78 is 0. The molecular weight excluding hydrogens is 300 g/mol. The first-order valence-electron chi connectivity index (χ1n) is 9.94. The van der Waals surface area contributed by atoms with Crippen LogP contribution < -0.4 is 0 Å². The molecule has 0 N–H and O–H groups in total. The first-order chi connectivity index (χ1) is 11.1. The summed E-state index contributed by atoms with van der Waals surface area (Å²) in [5, 5.41) is 0. The van der Waals surface area contributed by atoms with Crippen LogP contribution in [0.1, 0.15) is 69.2 Å². The van der Waals surface area contributed by atoms with E-state index in [9.17, 15) is 0 Å². The van der Waals surface area contributed by atoms with Crippen LogP contribution >= 0.6 is 0 Å². The van der Waals surface area contributed by atoms with Crippen molar-refractivity contribution < 1.29 is 9.78 Å². The van der Waals surface area contributed by atoms with E-state index >= 15 is 0 Å². The van der Waals surface area contributed by atoms with Gasteiger partial charge in [0, 0.05) is 25.2 Å². The Morgan fingerprint density at radius 2 is 0.875 bits per heavy atom. The highest BCUT2D eigenvalue weighted by Gasteiger charge is 2.25. The molecule has 0 fully saturated rings. The fourth-order valence-electron chi connectivity index (χ4n) is 2.72. The quantitative estimate of drug-likeness (QED) is 0.364. The van der Waals surface area contributed by atoms with Crippen molar-refractivity contribution in [2.75, 3.05) is 26.2 Å². The lowest BCUT2D eigenvalue weighted by atomic mass is 10.1. The molecule has 4 nitrogen and oxygen atoms in total. The Kier molecular flexibility index (Phi) is 12.2. The van der Waals surface area contributed by atoms with Crippen LogP contribution in [-0.2, 0) is 9.78 Å². The zero-order valence-corrected chi connectivity index (χ0v) is 18.0. The molecule has 0 aliphatic carbocycles. The molecule has 0 radical (unpaired) electrons. The average molecular weight is 345 g/mol. The van der Waals surface area contributed by atoms with Gasteiger partial charge in [-0.2, -0.15) is 0 Å². The normalized spacial score (nSPS) is 15.5. The van der Waals surface area contributed by atoms with E-state index in [0.717, 1.165) is 26.2 Å². The summed E-state index contributed by atoms with van der Waals surface area (Å²) in [6.45, 7) is 26.1. The van der Waals surface area contributed by atoms with E-state index in [0.29, 0.717) is 23.9 Å². The van der Waals surface area contributed by atoms with Gasteiger partial charge in [0.1, 0.15) is 12.2 Å². The summed E-state index contributed by atoms with van der Waals surface area (Å²) in [5.41, 5.74) is 0. The van der Waals surface area contributed by atoms with Crippen molar-refractivity contribution in [2.24, 2.45) is 11.8 Å². The van der Waals surface area contributed by atoms with Crippen molar-refractivity contribution >= 4 is 0 Å². The van der Waals surface area contributed by atoms with E-state index in [-0.39, 0.29) is 12.2 Å². The van der Waals surface area contributed by atoms with Gasteiger partial charge in [0.15, 0.2) is 0 Å². The van der Waals surface area contributed by atoms with Crippen LogP contribution in [0, 0.1) is 11.8 Å². The molecule has 0 saturated heterocycles. The van der Waals surface area contributed by atoms with Crippen molar-refractivity contribution in [3.63, 3.8) is 0 Å². The molecule has 0 spiro atoms. The zero-order chi connectivity index (χ0) is 18.9. The topological polar surface area (TPSA) is 24.9 Å². The number of nitrogens with zero attached hydrogens (tertiary/aromatic N) is 2. The van der Waals surface area contributed by atoms with E-state index in [1.165, 1.54) is 0 Å². The molecule has 0 amide bonds. The molecule has 146 valence electrons. The Hall–Kier alpha value is -0.160. The fourth-order valence-corrected chi connectivity index (χ4v) is 2.72. The highest BCUT2D eigenvalue weighted by Crippen LogP contribution is 2.16. The number of hydrogen-bond donors (Lipinski definition) is 0. The summed E-state index contributed by atoms with van der Waals surface area (Å²) in [4.78, 5) is 16.8. The first-order valence-corrected chi connectivity index (χ1v) is 9.94. The van der Waals surface area contributed by atoms with Crippen LogP contribution in [0.2, 0.25) is 0 Å². The SMILES string of the molecule is CCN(CC(OOC(CN(CC)C(C)C)C(C)C)C(C)C)C(C)C. The van der Waals surface area contributed by atoms with Gasteiger partial charge in [-0.25, -0.2) is 9.78 Å². The molecule has 2 unspecified atom stereocenters. The van der Waals surface area contributed by atoms with Gasteiger partial charge in [-0.15, -0.1) is 0 Å². The molecule has 0 aromatic carbocycles. The monoisotopic (exact) mass is 344 g/mol. The van der Waals surface area contributed by atoms with Crippen LogP contribution in [0.15, 0.2) is 0 Å². The molecule has 0 heterocycles. The van der Waals surface area contributed by atoms with Crippen LogP contribution in [0.5, 0.6) is 0 Å². The van der Waals surface area contributed by atoms with Crippen LogP contribution in [-0.4, -0.2) is 60.3 Å². The Labute approximate surface area is 151 Å². The Morgan fingerprint density at radius 1 is 0.583 bits per heavy atom. The van der Waals surface area contributed by atoms with Gasteiger partial charge in [-0.1, -0.05) is 41.5 Å². The third kappa shape index (κ3) is 8.80. The molecule has 0 aliphatic heterocycles. The molecule has 0 aromatic rings. The van der Waals surface area contributed by atoms with Gasteiger partial charge in [-0.3, -0.25) is 9.80 Å². The predicted molar refractivity (Wildman–Crippen MR) is 104 cm³/mol. The third-order valence-electron chi connectivity index (χ3n) is 4.89. The number of likely N-dealkylation sites (N-methyl/N-ethyl adjacent to an activating group) is 2. The minimum atomic E-state index is 0.0997. The number of hydrogen-bond acceptors (Lipinski definition) is 4. The molecule has 0 bridgehead atoms. The van der Waals surface area contributed by atoms with E-state index < -0.39 is 0 Å². The van der Waals surface area contributed by atoms with Crippen LogP contribution in [0.25, 0.3) is 0 Å². The first kappa shape index (κ1) is 23.8. The lowest BCUT2D eigenvalue weighted by molar-refractivity contribution is -0.367. The molecular formula is C20H44N2O2. The maximum atomic E-state index is 5.97. The number of rotatable bonds is 13. The summed E-state index contributed by atoms with van der Waals surface area (Å²) in [6.07, 6.45) is 0.199. The molecule has 0 aliphatic rings. The van der Waals surface area contributed by atoms with E-state index in [1.807, 2.05) is 0 Å². The lowest BCUT2D eigenvalue weighted by Gasteiger charge is -2.34. The van der Waals surface area contributed by atoms with E-state index in [1.54, 1.807) is 0 Å². The standard InChI is InChI=1S/C20H44N2O2/c1-11-21(17(7)8)13-19(15(3)4)23-24-20(16(5)6)14-22(12-2)18(9)10/h15-20H,11-14H2,1-10H3. The molecule has 0 aromatic heterocycles. The fraction of sp³-hybridized carbons (Fsp3) is 1.00. The summed E-state index contributed by atoms with van der Waals surface area (Å²) in [5.74, 6) is 0.857. The zero-order valence-electron chi connectivity index (χ0n) is 18.0.